The molecule has 1 heterocycles. The molecule has 0 spiro atoms. The minimum atomic E-state index is 0.356. The first-order chi connectivity index (χ1) is 7.61. The molecular formula is C13H21N3. The summed E-state index contributed by atoms with van der Waals surface area (Å²) >= 11 is 0. The van der Waals surface area contributed by atoms with Crippen molar-refractivity contribution in [2.45, 2.75) is 40.2 Å². The van der Waals surface area contributed by atoms with Gasteiger partial charge in [-0.3, -0.25) is 10.00 Å². The Kier molecular flexibility index (Phi) is 4.57. The van der Waals surface area contributed by atoms with Crippen molar-refractivity contribution in [1.29, 1.82) is 0 Å². The largest absolute Gasteiger partial charge is 0.299 e. The van der Waals surface area contributed by atoms with Crippen molar-refractivity contribution in [3.63, 3.8) is 0 Å². The van der Waals surface area contributed by atoms with Gasteiger partial charge in [-0.05, 0) is 27.2 Å². The first-order valence-corrected chi connectivity index (χ1v) is 5.74. The molecular weight excluding hydrogens is 198 g/mol. The summed E-state index contributed by atoms with van der Waals surface area (Å²) in [5.41, 5.74) is 3.67. The van der Waals surface area contributed by atoms with Crippen molar-refractivity contribution in [2.24, 2.45) is 7.05 Å². The van der Waals surface area contributed by atoms with Crippen LogP contribution in [0.3, 0.4) is 0 Å². The number of nitrogens with zero attached hydrogens (tertiary/aromatic N) is 2. The molecule has 0 aromatic carbocycles. The number of nitrogens with one attached hydrogen (secondary N) is 1. The van der Waals surface area contributed by atoms with Crippen LogP contribution in [0.25, 0.3) is 0 Å². The van der Waals surface area contributed by atoms with Gasteiger partial charge in [0.05, 0.1) is 12.2 Å². The molecule has 16 heavy (non-hydrogen) atoms. The Labute approximate surface area is 98.2 Å². The SMILES string of the molecule is CC#CCNC(CC)c1c(C)nn(C)c1C. The summed E-state index contributed by atoms with van der Waals surface area (Å²) in [6.45, 7) is 8.97. The first kappa shape index (κ1) is 12.8. The van der Waals surface area contributed by atoms with Gasteiger partial charge >= 0.3 is 0 Å². The molecule has 1 N–H and O–H groups in total. The molecule has 1 unspecified atom stereocenters. The summed E-state index contributed by atoms with van der Waals surface area (Å²) in [7, 11) is 1.99. The second-order valence-electron chi connectivity index (χ2n) is 3.98. The fourth-order valence-corrected chi connectivity index (χ4v) is 2.01. The molecule has 0 saturated carbocycles. The van der Waals surface area contributed by atoms with Crippen LogP contribution in [0.5, 0.6) is 0 Å². The molecule has 1 aromatic heterocycles. The fraction of sp³-hybridized carbons (Fsp3) is 0.615. The monoisotopic (exact) mass is 219 g/mol. The number of aromatic nitrogens is 2. The number of rotatable bonds is 4. The molecule has 3 nitrogen and oxygen atoms in total. The summed E-state index contributed by atoms with van der Waals surface area (Å²) in [4.78, 5) is 0. The molecule has 1 rings (SSSR count). The zero-order valence-corrected chi connectivity index (χ0v) is 10.9. The maximum Gasteiger partial charge on any atom is 0.0644 e. The van der Waals surface area contributed by atoms with E-state index in [0.29, 0.717) is 6.04 Å². The molecule has 1 atom stereocenters. The van der Waals surface area contributed by atoms with E-state index in [-0.39, 0.29) is 0 Å². The lowest BCUT2D eigenvalue weighted by molar-refractivity contribution is 0.549. The van der Waals surface area contributed by atoms with Crippen LogP contribution in [-0.4, -0.2) is 16.3 Å². The highest BCUT2D eigenvalue weighted by Crippen LogP contribution is 2.23. The van der Waals surface area contributed by atoms with Gasteiger partial charge < -0.3 is 0 Å². The Morgan fingerprint density at radius 3 is 2.56 bits per heavy atom. The van der Waals surface area contributed by atoms with E-state index in [1.54, 1.807) is 0 Å². The molecule has 0 radical (unpaired) electrons. The summed E-state index contributed by atoms with van der Waals surface area (Å²) in [5, 5.41) is 7.90. The number of aryl methyl sites for hydroxylation is 2. The van der Waals surface area contributed by atoms with Crippen LogP contribution < -0.4 is 5.32 Å². The van der Waals surface area contributed by atoms with Crippen LogP contribution >= 0.6 is 0 Å². The molecule has 88 valence electrons. The topological polar surface area (TPSA) is 29.9 Å². The average Bonchev–Trinajstić information content (AvgIpc) is 2.50. The standard InChI is InChI=1S/C13H21N3/c1-6-8-9-14-12(7-2)13-10(3)15-16(5)11(13)4/h12,14H,7,9H2,1-5H3. The number of hydrogen-bond donors (Lipinski definition) is 1. The van der Waals surface area contributed by atoms with Gasteiger partial charge in [-0.2, -0.15) is 5.10 Å². The Balaban J connectivity index is 2.88. The van der Waals surface area contributed by atoms with Crippen molar-refractivity contribution >= 4 is 0 Å². The molecule has 0 aliphatic heterocycles. The van der Waals surface area contributed by atoms with Gasteiger partial charge in [0, 0.05) is 24.3 Å². The predicted octanol–water partition coefficient (Wildman–Crippen LogP) is 2.10. The van der Waals surface area contributed by atoms with Crippen LogP contribution in [0.4, 0.5) is 0 Å². The molecule has 3 heteroatoms. The highest BCUT2D eigenvalue weighted by Gasteiger charge is 2.17. The van der Waals surface area contributed by atoms with Crippen LogP contribution in [0.1, 0.15) is 43.3 Å². The molecule has 0 aliphatic rings. The normalized spacial score (nSPS) is 12.1. The van der Waals surface area contributed by atoms with E-state index in [4.69, 9.17) is 0 Å². The van der Waals surface area contributed by atoms with Gasteiger partial charge in [0.1, 0.15) is 0 Å². The predicted molar refractivity (Wildman–Crippen MR) is 67.2 cm³/mol. The Morgan fingerprint density at radius 1 is 1.44 bits per heavy atom. The maximum absolute atomic E-state index is 4.45. The highest BCUT2D eigenvalue weighted by atomic mass is 15.3. The van der Waals surface area contributed by atoms with E-state index in [1.165, 1.54) is 11.3 Å². The lowest BCUT2D eigenvalue weighted by atomic mass is 10.0. The lowest BCUT2D eigenvalue weighted by Gasteiger charge is -2.16. The molecule has 0 bridgehead atoms. The van der Waals surface area contributed by atoms with Crippen molar-refractivity contribution < 1.29 is 0 Å². The van der Waals surface area contributed by atoms with E-state index in [0.717, 1.165) is 18.7 Å². The fourth-order valence-electron chi connectivity index (χ4n) is 2.01. The summed E-state index contributed by atoms with van der Waals surface area (Å²) in [6, 6.07) is 0.356. The van der Waals surface area contributed by atoms with E-state index in [2.05, 4.69) is 43.0 Å². The molecule has 0 saturated heterocycles. The van der Waals surface area contributed by atoms with Gasteiger partial charge in [-0.25, -0.2) is 0 Å². The lowest BCUT2D eigenvalue weighted by Crippen LogP contribution is -2.22. The van der Waals surface area contributed by atoms with E-state index in [1.807, 2.05) is 18.7 Å². The quantitative estimate of drug-likeness (QED) is 0.786. The summed E-state index contributed by atoms with van der Waals surface area (Å²) in [6.07, 6.45) is 1.05. The second-order valence-corrected chi connectivity index (χ2v) is 3.98. The Bertz CT molecular complexity index is 407. The third kappa shape index (κ3) is 2.65. The average molecular weight is 219 g/mol. The zero-order valence-electron chi connectivity index (χ0n) is 10.9. The molecule has 0 fully saturated rings. The number of hydrogen-bond acceptors (Lipinski definition) is 2. The summed E-state index contributed by atoms with van der Waals surface area (Å²) < 4.78 is 1.94. The van der Waals surface area contributed by atoms with Gasteiger partial charge in [-0.15, -0.1) is 5.92 Å². The molecule has 0 amide bonds. The summed E-state index contributed by atoms with van der Waals surface area (Å²) in [5.74, 6) is 5.94. The van der Waals surface area contributed by atoms with Gasteiger partial charge in [0.25, 0.3) is 0 Å². The van der Waals surface area contributed by atoms with Crippen LogP contribution in [0.15, 0.2) is 0 Å². The van der Waals surface area contributed by atoms with Crippen molar-refractivity contribution in [3.05, 3.63) is 17.0 Å². The van der Waals surface area contributed by atoms with Gasteiger partial charge in [0.2, 0.25) is 0 Å². The smallest absolute Gasteiger partial charge is 0.0644 e. The highest BCUT2D eigenvalue weighted by molar-refractivity contribution is 5.28. The third-order valence-corrected chi connectivity index (χ3v) is 2.94. The van der Waals surface area contributed by atoms with Crippen molar-refractivity contribution in [2.75, 3.05) is 6.54 Å². The van der Waals surface area contributed by atoms with Crippen LogP contribution in [0, 0.1) is 25.7 Å². The van der Waals surface area contributed by atoms with E-state index in [9.17, 15) is 0 Å². The van der Waals surface area contributed by atoms with Crippen molar-refractivity contribution in [1.82, 2.24) is 15.1 Å². The third-order valence-electron chi connectivity index (χ3n) is 2.94. The van der Waals surface area contributed by atoms with Crippen LogP contribution in [0.2, 0.25) is 0 Å². The van der Waals surface area contributed by atoms with Gasteiger partial charge in [0.15, 0.2) is 0 Å². The minimum absolute atomic E-state index is 0.356. The Hall–Kier alpha value is -1.27. The molecule has 0 aliphatic carbocycles. The molecule has 1 aromatic rings. The minimum Gasteiger partial charge on any atom is -0.299 e. The second kappa shape index (κ2) is 5.72. The van der Waals surface area contributed by atoms with E-state index < -0.39 is 0 Å². The maximum atomic E-state index is 4.45. The van der Waals surface area contributed by atoms with E-state index >= 15 is 0 Å². The zero-order chi connectivity index (χ0) is 12.1. The first-order valence-electron chi connectivity index (χ1n) is 5.74. The Morgan fingerprint density at radius 2 is 2.12 bits per heavy atom. The van der Waals surface area contributed by atoms with Gasteiger partial charge in [-0.1, -0.05) is 12.8 Å². The van der Waals surface area contributed by atoms with Crippen molar-refractivity contribution in [3.8, 4) is 11.8 Å². The van der Waals surface area contributed by atoms with Crippen LogP contribution in [-0.2, 0) is 7.05 Å².